The van der Waals surface area contributed by atoms with Gasteiger partial charge in [0.25, 0.3) is 0 Å². The average molecular weight is 477 g/mol. The average Bonchev–Trinajstić information content (AvgIpc) is 2.90. The second-order valence-electron chi connectivity index (χ2n) is 8.93. The molecule has 0 saturated carbocycles. The van der Waals surface area contributed by atoms with Crippen molar-refractivity contribution < 1.29 is 18.7 Å². The second kappa shape index (κ2) is 10.3. The first-order valence-electron chi connectivity index (χ1n) is 12.1. The molecular formula is C27H29FN4O3. The van der Waals surface area contributed by atoms with Crippen LogP contribution in [0.5, 0.6) is 17.4 Å². The number of anilines is 1. The Morgan fingerprint density at radius 2 is 1.86 bits per heavy atom. The highest BCUT2D eigenvalue weighted by Crippen LogP contribution is 2.33. The van der Waals surface area contributed by atoms with E-state index in [2.05, 4.69) is 4.90 Å². The van der Waals surface area contributed by atoms with Crippen LogP contribution in [0.2, 0.25) is 0 Å². The van der Waals surface area contributed by atoms with Gasteiger partial charge in [-0.15, -0.1) is 0 Å². The molecule has 0 aliphatic carbocycles. The van der Waals surface area contributed by atoms with Gasteiger partial charge in [0, 0.05) is 26.1 Å². The highest BCUT2D eigenvalue weighted by Gasteiger charge is 2.28. The van der Waals surface area contributed by atoms with Crippen molar-refractivity contribution in [3.63, 3.8) is 0 Å². The number of hydrogen-bond acceptors (Lipinski definition) is 6. The number of halogens is 1. The number of piperidine rings is 1. The van der Waals surface area contributed by atoms with Gasteiger partial charge in [-0.1, -0.05) is 24.3 Å². The number of amides is 1. The zero-order valence-corrected chi connectivity index (χ0v) is 19.9. The number of rotatable bonds is 6. The molecular weight excluding hydrogens is 447 g/mol. The smallest absolute Gasteiger partial charge is 0.229 e. The van der Waals surface area contributed by atoms with Crippen LogP contribution in [0, 0.1) is 5.82 Å². The number of fused-ring (bicyclic) bond motifs is 1. The molecule has 182 valence electrons. The van der Waals surface area contributed by atoms with Gasteiger partial charge < -0.3 is 19.3 Å². The van der Waals surface area contributed by atoms with Crippen LogP contribution in [0.15, 0.2) is 48.5 Å². The number of methoxy groups -OCH3 is 1. The number of hydrogen-bond donors (Lipinski definition) is 0. The fourth-order valence-corrected chi connectivity index (χ4v) is 4.60. The summed E-state index contributed by atoms with van der Waals surface area (Å²) in [5.74, 6) is 1.31. The van der Waals surface area contributed by atoms with E-state index in [1.165, 1.54) is 12.5 Å². The standard InChI is InChI=1S/C27H29FN4O3/c1-34-20-9-7-8-19(16-20)17-25(33)32-15-12-23-21(18-32)26(35-24-11-4-3-10-22(24)28)30-27(29-23)31-13-5-2-6-14-31/h3-4,7-11,16H,2,5-6,12-15,17-18H2,1H3. The summed E-state index contributed by atoms with van der Waals surface area (Å²) in [5.41, 5.74) is 2.48. The van der Waals surface area contributed by atoms with Gasteiger partial charge in [0.1, 0.15) is 5.75 Å². The lowest BCUT2D eigenvalue weighted by Gasteiger charge is -2.32. The van der Waals surface area contributed by atoms with Gasteiger partial charge in [-0.25, -0.2) is 9.37 Å². The van der Waals surface area contributed by atoms with E-state index in [4.69, 9.17) is 19.4 Å². The third-order valence-electron chi connectivity index (χ3n) is 6.53. The van der Waals surface area contributed by atoms with Gasteiger partial charge in [0.05, 0.1) is 31.3 Å². The van der Waals surface area contributed by atoms with E-state index in [0.717, 1.165) is 48.5 Å². The summed E-state index contributed by atoms with van der Waals surface area (Å²) in [4.78, 5) is 26.7. The Bertz CT molecular complexity index is 1210. The number of benzene rings is 2. The molecule has 2 aliphatic rings. The van der Waals surface area contributed by atoms with E-state index < -0.39 is 5.82 Å². The quantitative estimate of drug-likeness (QED) is 0.521. The van der Waals surface area contributed by atoms with Crippen molar-refractivity contribution in [1.29, 1.82) is 0 Å². The lowest BCUT2D eigenvalue weighted by Crippen LogP contribution is -2.38. The number of carbonyl (C=O) groups is 1. The summed E-state index contributed by atoms with van der Waals surface area (Å²) in [6.45, 7) is 2.67. The maximum atomic E-state index is 14.4. The van der Waals surface area contributed by atoms with Crippen LogP contribution in [-0.2, 0) is 24.2 Å². The van der Waals surface area contributed by atoms with Crippen molar-refractivity contribution in [2.45, 2.75) is 38.6 Å². The Morgan fingerprint density at radius 3 is 2.66 bits per heavy atom. The molecule has 8 heteroatoms. The summed E-state index contributed by atoms with van der Waals surface area (Å²) >= 11 is 0. The maximum Gasteiger partial charge on any atom is 0.229 e. The molecule has 35 heavy (non-hydrogen) atoms. The topological polar surface area (TPSA) is 67.8 Å². The first-order valence-corrected chi connectivity index (χ1v) is 12.1. The summed E-state index contributed by atoms with van der Waals surface area (Å²) in [6, 6.07) is 13.8. The lowest BCUT2D eigenvalue weighted by molar-refractivity contribution is -0.131. The third kappa shape index (κ3) is 5.21. The van der Waals surface area contributed by atoms with Crippen molar-refractivity contribution in [2.24, 2.45) is 0 Å². The Labute approximate surface area is 204 Å². The number of aromatic nitrogens is 2. The minimum atomic E-state index is -0.457. The number of nitrogens with zero attached hydrogens (tertiary/aromatic N) is 4. The first-order chi connectivity index (χ1) is 17.1. The van der Waals surface area contributed by atoms with E-state index in [1.807, 2.05) is 24.3 Å². The molecule has 3 aromatic rings. The number of para-hydroxylation sites is 1. The van der Waals surface area contributed by atoms with Crippen molar-refractivity contribution in [3.8, 4) is 17.4 Å². The number of ether oxygens (including phenoxy) is 2. The lowest BCUT2D eigenvalue weighted by atomic mass is 10.0. The van der Waals surface area contributed by atoms with Gasteiger partial charge in [-0.2, -0.15) is 4.98 Å². The van der Waals surface area contributed by atoms with Gasteiger partial charge in [-0.05, 0) is 49.1 Å². The summed E-state index contributed by atoms with van der Waals surface area (Å²) in [6.07, 6.45) is 4.25. The Hall–Kier alpha value is -3.68. The molecule has 2 aliphatic heterocycles. The summed E-state index contributed by atoms with van der Waals surface area (Å²) in [7, 11) is 1.61. The normalized spacial score (nSPS) is 15.5. The fraction of sp³-hybridized carbons (Fsp3) is 0.370. The molecule has 7 nitrogen and oxygen atoms in total. The van der Waals surface area contributed by atoms with Crippen LogP contribution in [0.3, 0.4) is 0 Å². The molecule has 1 amide bonds. The zero-order valence-electron chi connectivity index (χ0n) is 19.9. The molecule has 0 N–H and O–H groups in total. The summed E-state index contributed by atoms with van der Waals surface area (Å²) in [5, 5.41) is 0. The first kappa shape index (κ1) is 23.1. The highest BCUT2D eigenvalue weighted by molar-refractivity contribution is 5.79. The SMILES string of the molecule is COc1cccc(CC(=O)N2CCc3nc(N4CCCCC4)nc(Oc4ccccc4F)c3C2)c1. The predicted octanol–water partition coefficient (Wildman–Crippen LogP) is 4.53. The zero-order chi connectivity index (χ0) is 24.2. The maximum absolute atomic E-state index is 14.4. The van der Waals surface area contributed by atoms with Gasteiger partial charge in [-0.3, -0.25) is 4.79 Å². The molecule has 0 radical (unpaired) electrons. The van der Waals surface area contributed by atoms with E-state index in [9.17, 15) is 9.18 Å². The van der Waals surface area contributed by atoms with Crippen molar-refractivity contribution in [2.75, 3.05) is 31.6 Å². The van der Waals surface area contributed by atoms with E-state index in [0.29, 0.717) is 31.3 Å². The van der Waals surface area contributed by atoms with Gasteiger partial charge in [0.15, 0.2) is 11.6 Å². The molecule has 0 unspecified atom stereocenters. The van der Waals surface area contributed by atoms with Gasteiger partial charge in [0.2, 0.25) is 17.7 Å². The van der Waals surface area contributed by atoms with Crippen LogP contribution >= 0.6 is 0 Å². The van der Waals surface area contributed by atoms with Crippen molar-refractivity contribution in [1.82, 2.24) is 14.9 Å². The number of carbonyl (C=O) groups excluding carboxylic acids is 1. The highest BCUT2D eigenvalue weighted by atomic mass is 19.1. The monoisotopic (exact) mass is 476 g/mol. The largest absolute Gasteiger partial charge is 0.497 e. The third-order valence-corrected chi connectivity index (χ3v) is 6.53. The van der Waals surface area contributed by atoms with E-state index >= 15 is 0 Å². The second-order valence-corrected chi connectivity index (χ2v) is 8.93. The fourth-order valence-electron chi connectivity index (χ4n) is 4.60. The molecule has 0 spiro atoms. The molecule has 5 rings (SSSR count). The molecule has 0 bridgehead atoms. The molecule has 0 atom stereocenters. The minimum absolute atomic E-state index is 0.000789. The molecule has 1 fully saturated rings. The van der Waals surface area contributed by atoms with Crippen molar-refractivity contribution >= 4 is 11.9 Å². The van der Waals surface area contributed by atoms with Crippen LogP contribution in [0.25, 0.3) is 0 Å². The molecule has 1 saturated heterocycles. The van der Waals surface area contributed by atoms with E-state index in [-0.39, 0.29) is 18.1 Å². The van der Waals surface area contributed by atoms with E-state index in [1.54, 1.807) is 30.2 Å². The van der Waals surface area contributed by atoms with Crippen LogP contribution in [-0.4, -0.2) is 47.5 Å². The molecule has 2 aromatic carbocycles. The van der Waals surface area contributed by atoms with Crippen molar-refractivity contribution in [3.05, 3.63) is 71.2 Å². The Kier molecular flexibility index (Phi) is 6.79. The van der Waals surface area contributed by atoms with Gasteiger partial charge >= 0.3 is 0 Å². The van der Waals surface area contributed by atoms with Crippen LogP contribution < -0.4 is 14.4 Å². The molecule has 1 aromatic heterocycles. The minimum Gasteiger partial charge on any atom is -0.497 e. The Balaban J connectivity index is 1.42. The van der Waals surface area contributed by atoms with Crippen LogP contribution in [0.1, 0.15) is 36.1 Å². The molecule has 3 heterocycles. The van der Waals surface area contributed by atoms with Crippen LogP contribution in [0.4, 0.5) is 10.3 Å². The Morgan fingerprint density at radius 1 is 1.03 bits per heavy atom. The predicted molar refractivity (Wildman–Crippen MR) is 130 cm³/mol. The summed E-state index contributed by atoms with van der Waals surface area (Å²) < 4.78 is 25.7.